The van der Waals surface area contributed by atoms with Crippen LogP contribution in [0.1, 0.15) is 42.5 Å². The Morgan fingerprint density at radius 1 is 1.19 bits per heavy atom. The Balaban J connectivity index is 1.70. The van der Waals surface area contributed by atoms with E-state index >= 15 is 0 Å². The van der Waals surface area contributed by atoms with E-state index in [9.17, 15) is 0 Å². The fourth-order valence-electron chi connectivity index (χ4n) is 3.62. The number of nitrogens with one attached hydrogen (secondary N) is 1. The minimum absolute atomic E-state index is 0.423. The van der Waals surface area contributed by atoms with Gasteiger partial charge in [0.1, 0.15) is 0 Å². The molecule has 3 nitrogen and oxygen atoms in total. The lowest BCUT2D eigenvalue weighted by molar-refractivity contribution is -0.0407. The van der Waals surface area contributed by atoms with Gasteiger partial charge in [-0.3, -0.25) is 4.90 Å². The third-order valence-corrected chi connectivity index (χ3v) is 4.94. The molecule has 2 aliphatic heterocycles. The molecule has 3 heteroatoms. The molecule has 0 aliphatic carbocycles. The molecule has 3 unspecified atom stereocenters. The van der Waals surface area contributed by atoms with E-state index in [1.165, 1.54) is 29.5 Å². The minimum Gasteiger partial charge on any atom is -0.372 e. The minimum atomic E-state index is 0.423. The van der Waals surface area contributed by atoms with Crippen molar-refractivity contribution in [3.63, 3.8) is 0 Å². The van der Waals surface area contributed by atoms with E-state index < -0.39 is 0 Å². The molecule has 1 aromatic rings. The summed E-state index contributed by atoms with van der Waals surface area (Å²) in [5.41, 5.74) is 4.18. The fraction of sp³-hybridized carbons (Fsp3) is 0.667. The van der Waals surface area contributed by atoms with Gasteiger partial charge in [0.15, 0.2) is 0 Å². The summed E-state index contributed by atoms with van der Waals surface area (Å²) in [6.07, 6.45) is 3.45. The van der Waals surface area contributed by atoms with Crippen molar-refractivity contribution in [2.24, 2.45) is 0 Å². The number of ether oxygens (including phenoxy) is 1. The van der Waals surface area contributed by atoms with Crippen molar-refractivity contribution < 1.29 is 4.74 Å². The van der Waals surface area contributed by atoms with Crippen LogP contribution in [0.5, 0.6) is 0 Å². The number of likely N-dealkylation sites (N-methyl/N-ethyl adjacent to an activating group) is 1. The van der Waals surface area contributed by atoms with E-state index in [1.807, 2.05) is 0 Å². The van der Waals surface area contributed by atoms with Crippen LogP contribution in [0.15, 0.2) is 18.2 Å². The van der Waals surface area contributed by atoms with Crippen molar-refractivity contribution in [2.75, 3.05) is 26.2 Å². The third-order valence-electron chi connectivity index (χ3n) is 4.94. The Labute approximate surface area is 128 Å². The van der Waals surface area contributed by atoms with Gasteiger partial charge in [0.25, 0.3) is 0 Å². The predicted molar refractivity (Wildman–Crippen MR) is 86.7 cm³/mol. The molecule has 2 saturated heterocycles. The van der Waals surface area contributed by atoms with Crippen LogP contribution >= 0.6 is 0 Å². The van der Waals surface area contributed by atoms with Crippen molar-refractivity contribution in [3.8, 4) is 0 Å². The number of morpholine rings is 1. The first-order valence-corrected chi connectivity index (χ1v) is 8.34. The van der Waals surface area contributed by atoms with Gasteiger partial charge in [-0.2, -0.15) is 0 Å². The van der Waals surface area contributed by atoms with Crippen molar-refractivity contribution in [1.82, 2.24) is 10.2 Å². The second kappa shape index (κ2) is 6.47. The highest BCUT2D eigenvalue weighted by Crippen LogP contribution is 2.28. The Morgan fingerprint density at radius 3 is 2.52 bits per heavy atom. The van der Waals surface area contributed by atoms with Crippen LogP contribution in [0.25, 0.3) is 0 Å². The molecule has 0 aromatic heterocycles. The van der Waals surface area contributed by atoms with Crippen LogP contribution in [-0.2, 0) is 4.74 Å². The SMILES string of the molecule is CCNC(CN1CC2CCC(C1)O2)c1ccc(C)c(C)c1. The van der Waals surface area contributed by atoms with Gasteiger partial charge in [0.2, 0.25) is 0 Å². The molecule has 3 rings (SSSR count). The van der Waals surface area contributed by atoms with Crippen molar-refractivity contribution >= 4 is 0 Å². The molecule has 2 fully saturated rings. The van der Waals surface area contributed by atoms with Crippen LogP contribution in [0.2, 0.25) is 0 Å². The molecule has 3 atom stereocenters. The zero-order valence-corrected chi connectivity index (χ0v) is 13.6. The summed E-state index contributed by atoms with van der Waals surface area (Å²) in [6.45, 7) is 10.9. The van der Waals surface area contributed by atoms with E-state index in [0.29, 0.717) is 18.2 Å². The van der Waals surface area contributed by atoms with Crippen LogP contribution in [0, 0.1) is 13.8 Å². The maximum atomic E-state index is 5.95. The number of hydrogen-bond donors (Lipinski definition) is 1. The first-order chi connectivity index (χ1) is 10.2. The lowest BCUT2D eigenvalue weighted by Gasteiger charge is -2.35. The number of nitrogens with zero attached hydrogens (tertiary/aromatic N) is 1. The first-order valence-electron chi connectivity index (χ1n) is 8.34. The summed E-state index contributed by atoms with van der Waals surface area (Å²) >= 11 is 0. The highest BCUT2D eigenvalue weighted by atomic mass is 16.5. The van der Waals surface area contributed by atoms with E-state index in [-0.39, 0.29) is 0 Å². The zero-order valence-electron chi connectivity index (χ0n) is 13.6. The molecule has 116 valence electrons. The highest BCUT2D eigenvalue weighted by Gasteiger charge is 2.34. The molecule has 0 saturated carbocycles. The third kappa shape index (κ3) is 3.47. The van der Waals surface area contributed by atoms with Crippen LogP contribution in [-0.4, -0.2) is 43.3 Å². The van der Waals surface area contributed by atoms with Crippen LogP contribution < -0.4 is 5.32 Å². The second-order valence-electron chi connectivity index (χ2n) is 6.63. The van der Waals surface area contributed by atoms with Gasteiger partial charge in [0, 0.05) is 25.7 Å². The molecule has 0 spiro atoms. The zero-order chi connectivity index (χ0) is 14.8. The molecular formula is C18H28N2O. The number of benzene rings is 1. The number of rotatable bonds is 5. The Bertz CT molecular complexity index is 476. The molecule has 2 aliphatic rings. The van der Waals surface area contributed by atoms with Crippen LogP contribution in [0.4, 0.5) is 0 Å². The number of likely N-dealkylation sites (tertiary alicyclic amines) is 1. The maximum Gasteiger partial charge on any atom is 0.0707 e. The summed E-state index contributed by atoms with van der Waals surface area (Å²) in [5.74, 6) is 0. The number of fused-ring (bicyclic) bond motifs is 2. The van der Waals surface area contributed by atoms with Gasteiger partial charge in [-0.25, -0.2) is 0 Å². The summed E-state index contributed by atoms with van der Waals surface area (Å²) in [6, 6.07) is 7.30. The average Bonchev–Trinajstić information content (AvgIpc) is 2.80. The Morgan fingerprint density at radius 2 is 1.90 bits per heavy atom. The molecule has 0 amide bonds. The van der Waals surface area contributed by atoms with Crippen molar-refractivity contribution in [1.29, 1.82) is 0 Å². The Hall–Kier alpha value is -0.900. The quantitative estimate of drug-likeness (QED) is 0.901. The number of hydrogen-bond acceptors (Lipinski definition) is 3. The molecule has 2 heterocycles. The summed E-state index contributed by atoms with van der Waals surface area (Å²) in [7, 11) is 0. The lowest BCUT2D eigenvalue weighted by atomic mass is 10.0. The molecule has 2 bridgehead atoms. The Kier molecular flexibility index (Phi) is 4.63. The standard InChI is InChI=1S/C18H28N2O/c1-4-19-18(15-6-5-13(2)14(3)9-15)12-20-10-16-7-8-17(11-20)21-16/h5-6,9,16-19H,4,7-8,10-12H2,1-3H3. The predicted octanol–water partition coefficient (Wildman–Crippen LogP) is 2.82. The van der Waals surface area contributed by atoms with E-state index in [4.69, 9.17) is 4.74 Å². The summed E-state index contributed by atoms with van der Waals surface area (Å²) in [4.78, 5) is 2.59. The molecule has 21 heavy (non-hydrogen) atoms. The largest absolute Gasteiger partial charge is 0.372 e. The monoisotopic (exact) mass is 288 g/mol. The van der Waals surface area contributed by atoms with E-state index in [2.05, 4.69) is 49.2 Å². The van der Waals surface area contributed by atoms with Gasteiger partial charge < -0.3 is 10.1 Å². The van der Waals surface area contributed by atoms with E-state index in [0.717, 1.165) is 26.2 Å². The van der Waals surface area contributed by atoms with Crippen molar-refractivity contribution in [3.05, 3.63) is 34.9 Å². The van der Waals surface area contributed by atoms with Gasteiger partial charge >= 0.3 is 0 Å². The summed E-state index contributed by atoms with van der Waals surface area (Å²) < 4.78 is 5.95. The number of aryl methyl sites for hydroxylation is 2. The normalized spacial score (nSPS) is 27.0. The van der Waals surface area contributed by atoms with Gasteiger partial charge in [-0.1, -0.05) is 25.1 Å². The van der Waals surface area contributed by atoms with E-state index in [1.54, 1.807) is 0 Å². The molecule has 1 N–H and O–H groups in total. The smallest absolute Gasteiger partial charge is 0.0707 e. The topological polar surface area (TPSA) is 24.5 Å². The second-order valence-corrected chi connectivity index (χ2v) is 6.63. The highest BCUT2D eigenvalue weighted by molar-refractivity contribution is 5.32. The maximum absolute atomic E-state index is 5.95. The molecule has 0 radical (unpaired) electrons. The fourth-order valence-corrected chi connectivity index (χ4v) is 3.62. The van der Waals surface area contributed by atoms with Gasteiger partial charge in [-0.15, -0.1) is 0 Å². The van der Waals surface area contributed by atoms with Crippen molar-refractivity contribution in [2.45, 2.75) is 51.9 Å². The van der Waals surface area contributed by atoms with Gasteiger partial charge in [-0.05, 0) is 49.9 Å². The van der Waals surface area contributed by atoms with Crippen LogP contribution in [0.3, 0.4) is 0 Å². The molecule has 1 aromatic carbocycles. The lowest BCUT2D eigenvalue weighted by Crippen LogP contribution is -2.46. The summed E-state index contributed by atoms with van der Waals surface area (Å²) in [5, 5.41) is 3.66. The average molecular weight is 288 g/mol. The van der Waals surface area contributed by atoms with Gasteiger partial charge in [0.05, 0.1) is 12.2 Å². The molecular weight excluding hydrogens is 260 g/mol. The first kappa shape index (κ1) is 15.0.